The maximum Gasteiger partial charge on any atom is 0.243 e. The van der Waals surface area contributed by atoms with Gasteiger partial charge in [0.15, 0.2) is 0 Å². The molecular weight excluding hydrogens is 272 g/mol. The molecule has 0 saturated heterocycles. The van der Waals surface area contributed by atoms with E-state index in [1.165, 1.54) is 18.2 Å². The summed E-state index contributed by atoms with van der Waals surface area (Å²) in [5, 5.41) is 7.90. The highest BCUT2D eigenvalue weighted by molar-refractivity contribution is 7.89. The molecule has 1 aromatic carbocycles. The van der Waals surface area contributed by atoms with E-state index in [0.717, 1.165) is 0 Å². The number of nitrogen functional groups attached to an aromatic ring is 1. The van der Waals surface area contributed by atoms with Crippen molar-refractivity contribution < 1.29 is 17.9 Å². The minimum absolute atomic E-state index is 0.0551. The summed E-state index contributed by atoms with van der Waals surface area (Å²) >= 11 is 0. The van der Waals surface area contributed by atoms with Gasteiger partial charge in [0.1, 0.15) is 6.61 Å². The van der Waals surface area contributed by atoms with E-state index in [1.807, 2.05) is 0 Å². The van der Waals surface area contributed by atoms with E-state index in [-0.39, 0.29) is 23.8 Å². The molecule has 0 fully saturated rings. The van der Waals surface area contributed by atoms with Crippen LogP contribution < -0.4 is 21.9 Å². The van der Waals surface area contributed by atoms with Crippen LogP contribution in [0.1, 0.15) is 0 Å². The molecule has 0 unspecified atom stereocenters. The first-order valence-corrected chi connectivity index (χ1v) is 6.87. The fraction of sp³-hybridized carbons (Fsp3) is 0.300. The van der Waals surface area contributed by atoms with Crippen molar-refractivity contribution in [2.75, 3.05) is 30.8 Å². The molecule has 0 aliphatic heterocycles. The van der Waals surface area contributed by atoms with E-state index >= 15 is 0 Å². The quantitative estimate of drug-likeness (QED) is 0.366. The van der Waals surface area contributed by atoms with Gasteiger partial charge in [0.2, 0.25) is 15.9 Å². The topological polar surface area (TPSA) is 151 Å². The largest absolute Gasteiger partial charge is 0.397 e. The lowest BCUT2D eigenvalue weighted by Crippen LogP contribution is -2.20. The Labute approximate surface area is 110 Å². The first kappa shape index (κ1) is 15.2. The van der Waals surface area contributed by atoms with Crippen molar-refractivity contribution in [1.82, 2.24) is 0 Å². The zero-order valence-corrected chi connectivity index (χ0v) is 10.9. The van der Waals surface area contributed by atoms with Gasteiger partial charge < -0.3 is 21.5 Å². The monoisotopic (exact) mass is 288 g/mol. The van der Waals surface area contributed by atoms with Gasteiger partial charge in [-0.1, -0.05) is 0 Å². The van der Waals surface area contributed by atoms with Crippen molar-refractivity contribution in [1.29, 1.82) is 0 Å². The molecule has 0 aliphatic carbocycles. The van der Waals surface area contributed by atoms with Crippen LogP contribution in [0.5, 0.6) is 0 Å². The highest BCUT2D eigenvalue weighted by atomic mass is 32.2. The van der Waals surface area contributed by atoms with Gasteiger partial charge in [-0.15, -0.1) is 0 Å². The lowest BCUT2D eigenvalue weighted by molar-refractivity contribution is -0.122. The molecule has 106 valence electrons. The number of ether oxygens (including phenoxy) is 1. The van der Waals surface area contributed by atoms with Crippen molar-refractivity contribution in [3.63, 3.8) is 0 Å². The second-order valence-corrected chi connectivity index (χ2v) is 5.30. The molecule has 0 bridgehead atoms. The first-order chi connectivity index (χ1) is 8.80. The minimum atomic E-state index is -3.76. The molecule has 1 aromatic rings. The van der Waals surface area contributed by atoms with Crippen molar-refractivity contribution in [2.24, 2.45) is 10.9 Å². The molecular formula is C10H16N4O4S. The summed E-state index contributed by atoms with van der Waals surface area (Å²) < 4.78 is 27.1. The Morgan fingerprint density at radius 3 is 2.58 bits per heavy atom. The fourth-order valence-corrected chi connectivity index (χ4v) is 1.86. The number of sulfonamides is 1. The molecule has 0 aliphatic rings. The van der Waals surface area contributed by atoms with Crippen LogP contribution >= 0.6 is 0 Å². The average molecular weight is 288 g/mol. The van der Waals surface area contributed by atoms with Crippen LogP contribution in [0.3, 0.4) is 0 Å². The Morgan fingerprint density at radius 1 is 1.37 bits per heavy atom. The number of hydrogen-bond donors (Lipinski definition) is 4. The van der Waals surface area contributed by atoms with Crippen LogP contribution in [0.4, 0.5) is 11.4 Å². The molecule has 9 heteroatoms. The summed E-state index contributed by atoms with van der Waals surface area (Å²) in [6, 6.07) is 4.11. The normalized spacial score (nSPS) is 11.2. The third kappa shape index (κ3) is 5.12. The van der Waals surface area contributed by atoms with Crippen LogP contribution in [0, 0.1) is 0 Å². The van der Waals surface area contributed by atoms with Crippen LogP contribution in [-0.2, 0) is 19.6 Å². The number of amides is 1. The summed E-state index contributed by atoms with van der Waals surface area (Å²) in [5.41, 5.74) is 11.4. The number of carbonyl (C=O) groups excluding carboxylic acids is 1. The van der Waals surface area contributed by atoms with Gasteiger partial charge >= 0.3 is 0 Å². The zero-order valence-electron chi connectivity index (χ0n) is 10.1. The van der Waals surface area contributed by atoms with Crippen molar-refractivity contribution >= 4 is 27.3 Å². The van der Waals surface area contributed by atoms with Crippen LogP contribution in [0.25, 0.3) is 0 Å². The molecule has 1 rings (SSSR count). The SMILES string of the molecule is NC(=O)COCCNc1ccc(S(N)(=O)=O)cc1N. The second-order valence-electron chi connectivity index (χ2n) is 3.74. The summed E-state index contributed by atoms with van der Waals surface area (Å²) in [5.74, 6) is -0.544. The fourth-order valence-electron chi connectivity index (χ4n) is 1.31. The maximum atomic E-state index is 11.1. The molecule has 0 heterocycles. The Morgan fingerprint density at radius 2 is 2.05 bits per heavy atom. The number of carbonyl (C=O) groups is 1. The predicted octanol–water partition coefficient (Wildman–Crippen LogP) is -1.17. The molecule has 0 saturated carbocycles. The standard InChI is InChI=1S/C10H16N4O4S/c11-8-5-7(19(13,16)17)1-2-9(8)14-3-4-18-6-10(12)15/h1-2,5,14H,3-4,6,11H2,(H2,12,15)(H2,13,16,17). The number of primary amides is 1. The number of primary sulfonamides is 1. The van der Waals surface area contributed by atoms with Crippen molar-refractivity contribution in [3.05, 3.63) is 18.2 Å². The zero-order chi connectivity index (χ0) is 14.5. The third-order valence-corrected chi connectivity index (χ3v) is 3.07. The Hall–Kier alpha value is -1.84. The van der Waals surface area contributed by atoms with Crippen LogP contribution in [0.2, 0.25) is 0 Å². The van der Waals surface area contributed by atoms with E-state index < -0.39 is 15.9 Å². The van der Waals surface area contributed by atoms with Gasteiger partial charge in [-0.25, -0.2) is 13.6 Å². The molecule has 0 atom stereocenters. The molecule has 0 radical (unpaired) electrons. The molecule has 0 spiro atoms. The number of rotatable bonds is 7. The lowest BCUT2D eigenvalue weighted by atomic mass is 10.2. The summed E-state index contributed by atoms with van der Waals surface area (Å²) in [4.78, 5) is 10.4. The smallest absolute Gasteiger partial charge is 0.243 e. The van der Waals surface area contributed by atoms with Crippen molar-refractivity contribution in [3.8, 4) is 0 Å². The van der Waals surface area contributed by atoms with E-state index in [9.17, 15) is 13.2 Å². The van der Waals surface area contributed by atoms with Gasteiger partial charge in [0.25, 0.3) is 0 Å². The Kier molecular flexibility index (Phi) is 5.10. The summed E-state index contributed by atoms with van der Waals surface area (Å²) in [6.07, 6.45) is 0. The van der Waals surface area contributed by atoms with Crippen LogP contribution in [-0.4, -0.2) is 34.1 Å². The lowest BCUT2D eigenvalue weighted by Gasteiger charge is -2.10. The average Bonchev–Trinajstić information content (AvgIpc) is 2.28. The van der Waals surface area contributed by atoms with E-state index in [4.69, 9.17) is 21.3 Å². The molecule has 7 N–H and O–H groups in total. The van der Waals surface area contributed by atoms with Gasteiger partial charge in [0, 0.05) is 6.54 Å². The number of hydrogen-bond acceptors (Lipinski definition) is 6. The molecule has 19 heavy (non-hydrogen) atoms. The number of benzene rings is 1. The predicted molar refractivity (Wildman–Crippen MR) is 70.7 cm³/mol. The highest BCUT2D eigenvalue weighted by Gasteiger charge is 2.09. The third-order valence-electron chi connectivity index (χ3n) is 2.16. The van der Waals surface area contributed by atoms with E-state index in [2.05, 4.69) is 5.32 Å². The molecule has 8 nitrogen and oxygen atoms in total. The Bertz CT molecular complexity index is 559. The highest BCUT2D eigenvalue weighted by Crippen LogP contribution is 2.21. The second kappa shape index (κ2) is 6.36. The maximum absolute atomic E-state index is 11.1. The number of nitrogens with two attached hydrogens (primary N) is 3. The Balaban J connectivity index is 2.54. The minimum Gasteiger partial charge on any atom is -0.397 e. The summed E-state index contributed by atoms with van der Waals surface area (Å²) in [6.45, 7) is 0.507. The van der Waals surface area contributed by atoms with Gasteiger partial charge in [-0.2, -0.15) is 0 Å². The number of anilines is 2. The van der Waals surface area contributed by atoms with Gasteiger partial charge in [0.05, 0.1) is 22.9 Å². The summed E-state index contributed by atoms with van der Waals surface area (Å²) in [7, 11) is -3.76. The molecule has 1 amide bonds. The first-order valence-electron chi connectivity index (χ1n) is 5.33. The number of nitrogens with one attached hydrogen (secondary N) is 1. The van der Waals surface area contributed by atoms with Gasteiger partial charge in [-0.05, 0) is 18.2 Å². The van der Waals surface area contributed by atoms with Crippen LogP contribution in [0.15, 0.2) is 23.1 Å². The van der Waals surface area contributed by atoms with Crippen molar-refractivity contribution in [2.45, 2.75) is 4.90 Å². The van der Waals surface area contributed by atoms with E-state index in [0.29, 0.717) is 12.2 Å². The van der Waals surface area contributed by atoms with E-state index in [1.54, 1.807) is 0 Å². The van der Waals surface area contributed by atoms with Gasteiger partial charge in [-0.3, -0.25) is 4.79 Å². The molecule has 0 aromatic heterocycles.